The summed E-state index contributed by atoms with van der Waals surface area (Å²) in [5, 5.41) is 3.47. The highest BCUT2D eigenvalue weighted by molar-refractivity contribution is 6.08. The van der Waals surface area contributed by atoms with Crippen LogP contribution in [0, 0.1) is 5.82 Å². The van der Waals surface area contributed by atoms with E-state index in [2.05, 4.69) is 59.0 Å². The molecule has 1 aliphatic rings. The summed E-state index contributed by atoms with van der Waals surface area (Å²) in [6.07, 6.45) is 3.54. The zero-order chi connectivity index (χ0) is 29.3. The predicted octanol–water partition coefficient (Wildman–Crippen LogP) is 5.98. The quantitative estimate of drug-likeness (QED) is 0.233. The molecule has 1 saturated heterocycles. The number of benzene rings is 2. The summed E-state index contributed by atoms with van der Waals surface area (Å²) < 4.78 is 24.0. The number of carbonyl (C=O) groups excluding carboxylic acids is 1. The van der Waals surface area contributed by atoms with Gasteiger partial charge in [-0.15, -0.1) is 0 Å². The molecule has 3 heterocycles. The van der Waals surface area contributed by atoms with Gasteiger partial charge in [-0.1, -0.05) is 44.7 Å². The van der Waals surface area contributed by atoms with E-state index in [9.17, 15) is 4.79 Å². The number of fused-ring (bicyclic) bond motifs is 1. The largest absolute Gasteiger partial charge is 0.383 e. The molecule has 4 aromatic rings. The standard InChI is InChI=1S/C32H37FN6O2/c1-6-15-38-29(21-9-12-23(13-10-21)37-26(40)7-2)27(28-30(34)35-19-36-31(28)38)22-11-14-24(25(33)16-22)32(17-41-18-32)39(8-3)20(4)5/h7,9-14,16,19-20H,2,6,8,15,17-18H2,1,3-5H3,(H,37,40)(H2,34,35,36). The van der Waals surface area contributed by atoms with Crippen molar-refractivity contribution >= 4 is 28.4 Å². The minimum atomic E-state index is -0.502. The van der Waals surface area contributed by atoms with Gasteiger partial charge in [-0.3, -0.25) is 9.69 Å². The van der Waals surface area contributed by atoms with E-state index in [1.54, 1.807) is 6.07 Å². The van der Waals surface area contributed by atoms with Gasteiger partial charge in [0.2, 0.25) is 5.91 Å². The zero-order valence-electron chi connectivity index (χ0n) is 24.1. The van der Waals surface area contributed by atoms with Crippen LogP contribution in [0.15, 0.2) is 61.4 Å². The third-order valence-electron chi connectivity index (χ3n) is 7.88. The van der Waals surface area contributed by atoms with E-state index in [0.29, 0.717) is 53.4 Å². The Labute approximate surface area is 240 Å². The number of hydrogen-bond donors (Lipinski definition) is 2. The number of likely N-dealkylation sites (N-methyl/N-ethyl adjacent to an activating group) is 1. The second-order valence-corrected chi connectivity index (χ2v) is 10.7. The fraction of sp³-hybridized carbons (Fsp3) is 0.344. The van der Waals surface area contributed by atoms with Crippen molar-refractivity contribution in [1.29, 1.82) is 0 Å². The molecule has 1 amide bonds. The number of carbonyl (C=O) groups is 1. The Morgan fingerprint density at radius 3 is 2.46 bits per heavy atom. The van der Waals surface area contributed by atoms with Crippen LogP contribution in [0.25, 0.3) is 33.4 Å². The van der Waals surface area contributed by atoms with E-state index in [1.165, 1.54) is 12.4 Å². The van der Waals surface area contributed by atoms with Crippen molar-refractivity contribution in [1.82, 2.24) is 19.4 Å². The third-order valence-corrected chi connectivity index (χ3v) is 7.88. The van der Waals surface area contributed by atoms with Crippen LogP contribution in [0.3, 0.4) is 0 Å². The van der Waals surface area contributed by atoms with Gasteiger partial charge in [0.25, 0.3) is 0 Å². The number of nitrogen functional groups attached to an aromatic ring is 1. The molecular formula is C32H37FN6O2. The topological polar surface area (TPSA) is 98.3 Å². The Kier molecular flexibility index (Phi) is 7.93. The predicted molar refractivity (Wildman–Crippen MR) is 162 cm³/mol. The fourth-order valence-corrected chi connectivity index (χ4v) is 6.10. The summed E-state index contributed by atoms with van der Waals surface area (Å²) in [6, 6.07) is 13.2. The van der Waals surface area contributed by atoms with Crippen LogP contribution in [-0.4, -0.2) is 51.1 Å². The van der Waals surface area contributed by atoms with Crippen LogP contribution in [0.5, 0.6) is 0 Å². The summed E-state index contributed by atoms with van der Waals surface area (Å²) in [6.45, 7) is 14.3. The van der Waals surface area contributed by atoms with Crippen molar-refractivity contribution in [2.75, 3.05) is 30.8 Å². The maximum Gasteiger partial charge on any atom is 0.247 e. The summed E-state index contributed by atoms with van der Waals surface area (Å²) in [5.74, 6) is -0.239. The molecule has 8 nitrogen and oxygen atoms in total. The number of halogens is 1. The lowest BCUT2D eigenvalue weighted by molar-refractivity contribution is -0.156. The zero-order valence-corrected chi connectivity index (χ0v) is 24.1. The molecule has 2 aromatic heterocycles. The number of nitrogens with one attached hydrogen (secondary N) is 1. The van der Waals surface area contributed by atoms with Crippen molar-refractivity contribution in [2.45, 2.75) is 52.2 Å². The van der Waals surface area contributed by atoms with Crippen molar-refractivity contribution in [3.05, 3.63) is 72.8 Å². The van der Waals surface area contributed by atoms with E-state index in [4.69, 9.17) is 10.5 Å². The van der Waals surface area contributed by atoms with Crippen molar-refractivity contribution in [3.63, 3.8) is 0 Å². The SMILES string of the molecule is C=CC(=O)Nc1ccc(-c2c(-c3ccc(C4(N(CC)C(C)C)COC4)c(F)c3)c3c(N)ncnc3n2CCC)cc1. The molecule has 0 bridgehead atoms. The second-order valence-electron chi connectivity index (χ2n) is 10.7. The Morgan fingerprint density at radius 1 is 1.20 bits per heavy atom. The van der Waals surface area contributed by atoms with Crippen LogP contribution < -0.4 is 11.1 Å². The molecule has 1 fully saturated rings. The number of nitrogens with two attached hydrogens (primary N) is 1. The van der Waals surface area contributed by atoms with Crippen LogP contribution in [0.1, 0.15) is 39.7 Å². The van der Waals surface area contributed by atoms with E-state index < -0.39 is 5.54 Å². The molecule has 1 aliphatic heterocycles. The lowest BCUT2D eigenvalue weighted by Gasteiger charge is -2.51. The Balaban J connectivity index is 1.71. The van der Waals surface area contributed by atoms with Crippen molar-refractivity contribution in [3.8, 4) is 22.4 Å². The van der Waals surface area contributed by atoms with Gasteiger partial charge in [-0.05, 0) is 62.2 Å². The average molecular weight is 557 g/mol. The van der Waals surface area contributed by atoms with Gasteiger partial charge in [0.05, 0.1) is 29.8 Å². The number of hydrogen-bond acceptors (Lipinski definition) is 6. The van der Waals surface area contributed by atoms with E-state index in [-0.39, 0.29) is 17.8 Å². The van der Waals surface area contributed by atoms with Crippen molar-refractivity contribution in [2.24, 2.45) is 0 Å². The molecule has 3 N–H and O–H groups in total. The first kappa shape index (κ1) is 28.4. The third kappa shape index (κ3) is 4.89. The maximum atomic E-state index is 16.2. The molecule has 0 saturated carbocycles. The Hall–Kier alpha value is -4.08. The lowest BCUT2D eigenvalue weighted by atomic mass is 9.83. The van der Waals surface area contributed by atoms with Crippen LogP contribution in [0.2, 0.25) is 0 Å². The number of amides is 1. The van der Waals surface area contributed by atoms with Gasteiger partial charge in [0.15, 0.2) is 0 Å². The molecule has 0 radical (unpaired) electrons. The molecule has 0 spiro atoms. The summed E-state index contributed by atoms with van der Waals surface area (Å²) in [7, 11) is 0. The van der Waals surface area contributed by atoms with Crippen LogP contribution in [-0.2, 0) is 21.6 Å². The van der Waals surface area contributed by atoms with Gasteiger partial charge < -0.3 is 20.4 Å². The molecule has 0 unspecified atom stereocenters. The number of rotatable bonds is 10. The summed E-state index contributed by atoms with van der Waals surface area (Å²) in [4.78, 5) is 23.0. The number of ether oxygens (including phenoxy) is 1. The minimum Gasteiger partial charge on any atom is -0.383 e. The monoisotopic (exact) mass is 556 g/mol. The molecule has 0 aliphatic carbocycles. The van der Waals surface area contributed by atoms with Gasteiger partial charge >= 0.3 is 0 Å². The molecule has 5 rings (SSSR count). The lowest BCUT2D eigenvalue weighted by Crippen LogP contribution is -2.61. The molecule has 41 heavy (non-hydrogen) atoms. The van der Waals surface area contributed by atoms with Gasteiger partial charge in [0, 0.05) is 29.4 Å². The highest BCUT2D eigenvalue weighted by atomic mass is 19.1. The van der Waals surface area contributed by atoms with Crippen LogP contribution in [0.4, 0.5) is 15.9 Å². The maximum absolute atomic E-state index is 16.2. The number of aromatic nitrogens is 3. The van der Waals surface area contributed by atoms with Crippen LogP contribution >= 0.6 is 0 Å². The van der Waals surface area contributed by atoms with Gasteiger partial charge in [0.1, 0.15) is 23.6 Å². The first-order chi connectivity index (χ1) is 19.7. The highest BCUT2D eigenvalue weighted by Crippen LogP contribution is 2.45. The highest BCUT2D eigenvalue weighted by Gasteiger charge is 2.47. The molecule has 9 heteroatoms. The molecule has 2 aromatic carbocycles. The molecule has 0 atom stereocenters. The molecule has 214 valence electrons. The van der Waals surface area contributed by atoms with E-state index in [0.717, 1.165) is 29.8 Å². The normalized spacial score (nSPS) is 14.4. The van der Waals surface area contributed by atoms with Gasteiger partial charge in [-0.2, -0.15) is 0 Å². The first-order valence-corrected chi connectivity index (χ1v) is 14.1. The Morgan fingerprint density at radius 2 is 1.90 bits per heavy atom. The second kappa shape index (κ2) is 11.4. The summed E-state index contributed by atoms with van der Waals surface area (Å²) in [5.41, 5.74) is 11.1. The fourth-order valence-electron chi connectivity index (χ4n) is 6.10. The molecular weight excluding hydrogens is 519 g/mol. The van der Waals surface area contributed by atoms with Gasteiger partial charge in [-0.25, -0.2) is 14.4 Å². The Bertz CT molecular complexity index is 1590. The first-order valence-electron chi connectivity index (χ1n) is 14.1. The number of anilines is 2. The van der Waals surface area contributed by atoms with Crippen molar-refractivity contribution < 1.29 is 13.9 Å². The van der Waals surface area contributed by atoms with E-state index >= 15 is 4.39 Å². The number of nitrogens with zero attached hydrogens (tertiary/aromatic N) is 4. The average Bonchev–Trinajstić information content (AvgIpc) is 3.26. The smallest absolute Gasteiger partial charge is 0.247 e. The number of aryl methyl sites for hydroxylation is 1. The van der Waals surface area contributed by atoms with E-state index in [1.807, 2.05) is 36.4 Å². The summed E-state index contributed by atoms with van der Waals surface area (Å²) >= 11 is 0. The minimum absolute atomic E-state index is 0.234.